The highest BCUT2D eigenvalue weighted by atomic mass is 32.2. The molecule has 0 aliphatic carbocycles. The maximum Gasteiger partial charge on any atom is 0.264 e. The number of methoxy groups -OCH3 is 1. The van der Waals surface area contributed by atoms with Crippen molar-refractivity contribution in [3.63, 3.8) is 0 Å². The summed E-state index contributed by atoms with van der Waals surface area (Å²) in [7, 11) is -2.46. The van der Waals surface area contributed by atoms with Crippen LogP contribution in [0.4, 0.5) is 5.69 Å². The van der Waals surface area contributed by atoms with Crippen LogP contribution in [0.2, 0.25) is 0 Å². The van der Waals surface area contributed by atoms with Gasteiger partial charge in [0.05, 0.1) is 17.7 Å². The SMILES string of the molecule is COc1ccccc1N(CC(=O)N1CCCC(C)C1)S(=O)(=O)c1ccc(C)cc1. The molecule has 0 aromatic heterocycles. The van der Waals surface area contributed by atoms with Gasteiger partial charge < -0.3 is 9.64 Å². The Morgan fingerprint density at radius 1 is 1.17 bits per heavy atom. The van der Waals surface area contributed by atoms with Crippen LogP contribution in [0.1, 0.15) is 25.3 Å². The Morgan fingerprint density at radius 3 is 2.52 bits per heavy atom. The summed E-state index contributed by atoms with van der Waals surface area (Å²) in [6.07, 6.45) is 2.02. The van der Waals surface area contributed by atoms with Crippen molar-refractivity contribution in [3.8, 4) is 5.75 Å². The molecule has 1 heterocycles. The van der Waals surface area contributed by atoms with Crippen LogP contribution in [-0.4, -0.2) is 46.0 Å². The highest BCUT2D eigenvalue weighted by molar-refractivity contribution is 7.92. The van der Waals surface area contributed by atoms with E-state index in [1.165, 1.54) is 7.11 Å². The zero-order chi connectivity index (χ0) is 21.0. The molecule has 1 unspecified atom stereocenters. The molecule has 29 heavy (non-hydrogen) atoms. The van der Waals surface area contributed by atoms with Crippen LogP contribution in [0.15, 0.2) is 53.4 Å². The summed E-state index contributed by atoms with van der Waals surface area (Å²) < 4.78 is 33.5. The Morgan fingerprint density at radius 2 is 1.86 bits per heavy atom. The van der Waals surface area contributed by atoms with Gasteiger partial charge in [-0.25, -0.2) is 8.42 Å². The number of piperidine rings is 1. The predicted molar refractivity (Wildman–Crippen MR) is 114 cm³/mol. The first-order valence-electron chi connectivity index (χ1n) is 9.83. The van der Waals surface area contributed by atoms with Crippen molar-refractivity contribution in [2.45, 2.75) is 31.6 Å². The molecule has 3 rings (SSSR count). The topological polar surface area (TPSA) is 66.9 Å². The van der Waals surface area contributed by atoms with E-state index in [1.54, 1.807) is 53.4 Å². The first kappa shape index (κ1) is 21.2. The number of hydrogen-bond acceptors (Lipinski definition) is 4. The number of anilines is 1. The number of sulfonamides is 1. The van der Waals surface area contributed by atoms with E-state index in [9.17, 15) is 13.2 Å². The van der Waals surface area contributed by atoms with Crippen LogP contribution < -0.4 is 9.04 Å². The zero-order valence-electron chi connectivity index (χ0n) is 17.2. The van der Waals surface area contributed by atoms with E-state index in [1.807, 2.05) is 6.92 Å². The molecule has 0 radical (unpaired) electrons. The van der Waals surface area contributed by atoms with Crippen molar-refractivity contribution in [2.24, 2.45) is 5.92 Å². The summed E-state index contributed by atoms with van der Waals surface area (Å²) in [4.78, 5) is 15.0. The molecule has 1 aliphatic heterocycles. The average Bonchev–Trinajstić information content (AvgIpc) is 2.72. The lowest BCUT2D eigenvalue weighted by Gasteiger charge is -2.33. The second-order valence-corrected chi connectivity index (χ2v) is 9.45. The number of aryl methyl sites for hydroxylation is 1. The number of carbonyl (C=O) groups is 1. The van der Waals surface area contributed by atoms with E-state index >= 15 is 0 Å². The minimum Gasteiger partial charge on any atom is -0.495 e. The second kappa shape index (κ2) is 8.86. The second-order valence-electron chi connectivity index (χ2n) is 7.58. The molecule has 0 spiro atoms. The molecule has 6 nitrogen and oxygen atoms in total. The van der Waals surface area contributed by atoms with Crippen LogP contribution in [0, 0.1) is 12.8 Å². The van der Waals surface area contributed by atoms with E-state index in [-0.39, 0.29) is 17.3 Å². The largest absolute Gasteiger partial charge is 0.495 e. The fourth-order valence-corrected chi connectivity index (χ4v) is 5.04. The molecule has 0 saturated carbocycles. The van der Waals surface area contributed by atoms with Crippen molar-refractivity contribution < 1.29 is 17.9 Å². The van der Waals surface area contributed by atoms with Gasteiger partial charge in [0.2, 0.25) is 5.91 Å². The third-order valence-electron chi connectivity index (χ3n) is 5.25. The molecular formula is C22H28N2O4S. The fraction of sp³-hybridized carbons (Fsp3) is 0.409. The minimum atomic E-state index is -3.94. The number of carbonyl (C=O) groups excluding carboxylic acids is 1. The first-order valence-corrected chi connectivity index (χ1v) is 11.3. The summed E-state index contributed by atoms with van der Waals surface area (Å²) in [5, 5.41) is 0. The smallest absolute Gasteiger partial charge is 0.264 e. The van der Waals surface area contributed by atoms with E-state index in [2.05, 4.69) is 6.92 Å². The third kappa shape index (κ3) is 4.72. The summed E-state index contributed by atoms with van der Waals surface area (Å²) in [6, 6.07) is 13.5. The maximum absolute atomic E-state index is 13.5. The summed E-state index contributed by atoms with van der Waals surface area (Å²) in [5.41, 5.74) is 1.32. The number of rotatable bonds is 6. The molecule has 156 valence electrons. The van der Waals surface area contributed by atoms with Gasteiger partial charge in [0.15, 0.2) is 0 Å². The molecule has 7 heteroatoms. The Labute approximate surface area is 173 Å². The minimum absolute atomic E-state index is 0.147. The van der Waals surface area contributed by atoms with E-state index in [0.717, 1.165) is 22.7 Å². The van der Waals surface area contributed by atoms with Crippen molar-refractivity contribution in [1.29, 1.82) is 0 Å². The molecule has 1 atom stereocenters. The van der Waals surface area contributed by atoms with E-state index < -0.39 is 10.0 Å². The number of ether oxygens (including phenoxy) is 1. The van der Waals surface area contributed by atoms with Gasteiger partial charge in [-0.05, 0) is 49.9 Å². The Kier molecular flexibility index (Phi) is 6.47. The van der Waals surface area contributed by atoms with Crippen molar-refractivity contribution in [2.75, 3.05) is 31.0 Å². The van der Waals surface area contributed by atoms with Gasteiger partial charge in [-0.3, -0.25) is 9.10 Å². The quantitative estimate of drug-likeness (QED) is 0.723. The Bertz CT molecular complexity index is 957. The number of nitrogens with zero attached hydrogens (tertiary/aromatic N) is 2. The monoisotopic (exact) mass is 416 g/mol. The van der Waals surface area contributed by atoms with Crippen molar-refractivity contribution in [1.82, 2.24) is 4.90 Å². The van der Waals surface area contributed by atoms with Gasteiger partial charge in [0.1, 0.15) is 12.3 Å². The number of likely N-dealkylation sites (tertiary alicyclic amines) is 1. The lowest BCUT2D eigenvalue weighted by atomic mass is 10.0. The summed E-state index contributed by atoms with van der Waals surface area (Å²) in [6.45, 7) is 5.07. The van der Waals surface area contributed by atoms with Crippen LogP contribution >= 0.6 is 0 Å². The van der Waals surface area contributed by atoms with Gasteiger partial charge >= 0.3 is 0 Å². The lowest BCUT2D eigenvalue weighted by molar-refractivity contribution is -0.131. The standard InChI is InChI=1S/C22H28N2O4S/c1-17-10-12-19(13-11-17)29(26,27)24(20-8-4-5-9-21(20)28-3)16-22(25)23-14-6-7-18(2)15-23/h4-5,8-13,18H,6-7,14-16H2,1-3H3. The van der Waals surface area contributed by atoms with Gasteiger partial charge in [-0.1, -0.05) is 36.8 Å². The summed E-state index contributed by atoms with van der Waals surface area (Å²) in [5.74, 6) is 0.627. The number of para-hydroxylation sites is 2. The number of benzene rings is 2. The van der Waals surface area contributed by atoms with Crippen molar-refractivity contribution >= 4 is 21.6 Å². The van der Waals surface area contributed by atoms with E-state index in [4.69, 9.17) is 4.74 Å². The normalized spacial score (nSPS) is 17.1. The zero-order valence-corrected chi connectivity index (χ0v) is 18.0. The molecule has 1 saturated heterocycles. The number of hydrogen-bond donors (Lipinski definition) is 0. The molecule has 1 aliphatic rings. The predicted octanol–water partition coefficient (Wildman–Crippen LogP) is 3.46. The van der Waals surface area contributed by atoms with Gasteiger partial charge in [0, 0.05) is 13.1 Å². The van der Waals surface area contributed by atoms with Gasteiger partial charge in [-0.15, -0.1) is 0 Å². The maximum atomic E-state index is 13.5. The lowest BCUT2D eigenvalue weighted by Crippen LogP contribution is -2.46. The average molecular weight is 417 g/mol. The van der Waals surface area contributed by atoms with Crippen LogP contribution in [0.5, 0.6) is 5.75 Å². The molecule has 1 fully saturated rings. The van der Waals surface area contributed by atoms with Crippen LogP contribution in [0.3, 0.4) is 0 Å². The van der Waals surface area contributed by atoms with E-state index in [0.29, 0.717) is 30.4 Å². The van der Waals surface area contributed by atoms with Crippen LogP contribution in [0.25, 0.3) is 0 Å². The molecule has 0 N–H and O–H groups in total. The summed E-state index contributed by atoms with van der Waals surface area (Å²) >= 11 is 0. The Hall–Kier alpha value is -2.54. The van der Waals surface area contributed by atoms with Crippen molar-refractivity contribution in [3.05, 3.63) is 54.1 Å². The molecule has 2 aromatic rings. The Balaban J connectivity index is 2.00. The van der Waals surface area contributed by atoms with Crippen LogP contribution in [-0.2, 0) is 14.8 Å². The highest BCUT2D eigenvalue weighted by Crippen LogP contribution is 2.32. The fourth-order valence-electron chi connectivity index (χ4n) is 3.61. The highest BCUT2D eigenvalue weighted by Gasteiger charge is 2.31. The molecule has 0 bridgehead atoms. The molecular weight excluding hydrogens is 388 g/mol. The van der Waals surface area contributed by atoms with Gasteiger partial charge in [-0.2, -0.15) is 0 Å². The first-order chi connectivity index (χ1) is 13.8. The third-order valence-corrected chi connectivity index (χ3v) is 7.03. The molecule has 1 amide bonds. The van der Waals surface area contributed by atoms with Gasteiger partial charge in [0.25, 0.3) is 10.0 Å². The number of amides is 1. The molecule has 2 aromatic carbocycles.